The highest BCUT2D eigenvalue weighted by molar-refractivity contribution is 4.80. The molecule has 0 aromatic rings. The minimum Gasteiger partial charge on any atom is -0.379 e. The van der Waals surface area contributed by atoms with E-state index in [1.165, 1.54) is 45.1 Å². The molecule has 96 valence electrons. The first-order valence-corrected chi connectivity index (χ1v) is 7.03. The molecule has 2 heteroatoms. The van der Waals surface area contributed by atoms with Gasteiger partial charge in [-0.3, -0.25) is 0 Å². The maximum Gasteiger partial charge on any atom is 0.0547 e. The maximum atomic E-state index is 5.79. The Labute approximate surface area is 101 Å². The molecule has 1 atom stereocenters. The molecular formula is C14H29NO. The number of nitrogens with one attached hydrogen (secondary N) is 1. The van der Waals surface area contributed by atoms with Crippen molar-refractivity contribution in [3.8, 4) is 0 Å². The smallest absolute Gasteiger partial charge is 0.0547 e. The van der Waals surface area contributed by atoms with Gasteiger partial charge in [-0.05, 0) is 57.9 Å². The van der Waals surface area contributed by atoms with Crippen molar-refractivity contribution in [3.63, 3.8) is 0 Å². The Hall–Kier alpha value is -0.0800. The molecule has 1 unspecified atom stereocenters. The summed E-state index contributed by atoms with van der Waals surface area (Å²) in [7, 11) is 0. The number of hydrogen-bond donors (Lipinski definition) is 1. The molecule has 0 spiro atoms. The Balaban J connectivity index is 1.79. The van der Waals surface area contributed by atoms with Crippen LogP contribution in [0.3, 0.4) is 0 Å². The molecule has 1 aliphatic rings. The van der Waals surface area contributed by atoms with Crippen LogP contribution < -0.4 is 5.32 Å². The average Bonchev–Trinajstić information content (AvgIpc) is 3.03. The fourth-order valence-corrected chi connectivity index (χ4v) is 1.84. The van der Waals surface area contributed by atoms with Crippen LogP contribution in [0.2, 0.25) is 0 Å². The lowest BCUT2D eigenvalue weighted by Crippen LogP contribution is -2.19. The second-order valence-corrected chi connectivity index (χ2v) is 5.59. The summed E-state index contributed by atoms with van der Waals surface area (Å²) in [6, 6.07) is 0.849. The molecule has 1 saturated carbocycles. The van der Waals surface area contributed by atoms with Crippen LogP contribution in [0.5, 0.6) is 0 Å². The van der Waals surface area contributed by atoms with E-state index in [4.69, 9.17) is 4.74 Å². The molecule has 0 amide bonds. The summed E-state index contributed by atoms with van der Waals surface area (Å²) in [6.07, 6.45) is 8.16. The van der Waals surface area contributed by atoms with Gasteiger partial charge in [-0.25, -0.2) is 0 Å². The Bertz CT molecular complexity index is 156. The van der Waals surface area contributed by atoms with Crippen LogP contribution in [0.4, 0.5) is 0 Å². The first kappa shape index (κ1) is 14.0. The van der Waals surface area contributed by atoms with Gasteiger partial charge in [0.1, 0.15) is 0 Å². The Kier molecular flexibility index (Phi) is 7.06. The van der Waals surface area contributed by atoms with E-state index in [2.05, 4.69) is 26.1 Å². The summed E-state index contributed by atoms with van der Waals surface area (Å²) >= 11 is 0. The summed E-state index contributed by atoms with van der Waals surface area (Å²) in [5.74, 6) is 0.807. The van der Waals surface area contributed by atoms with Gasteiger partial charge < -0.3 is 10.1 Å². The van der Waals surface area contributed by atoms with Crippen molar-refractivity contribution < 1.29 is 4.74 Å². The Morgan fingerprint density at radius 3 is 2.50 bits per heavy atom. The second-order valence-electron chi connectivity index (χ2n) is 5.59. The van der Waals surface area contributed by atoms with Crippen molar-refractivity contribution in [3.05, 3.63) is 0 Å². The second kappa shape index (κ2) is 8.08. The molecule has 1 rings (SSSR count). The number of rotatable bonds is 10. The molecule has 1 fully saturated rings. The first-order chi connectivity index (χ1) is 7.68. The van der Waals surface area contributed by atoms with E-state index in [1.807, 2.05) is 0 Å². The minimum absolute atomic E-state index is 0.438. The van der Waals surface area contributed by atoms with E-state index in [-0.39, 0.29) is 0 Å². The molecular weight excluding hydrogens is 198 g/mol. The zero-order chi connectivity index (χ0) is 11.8. The Morgan fingerprint density at radius 1 is 1.12 bits per heavy atom. The highest BCUT2D eigenvalue weighted by Gasteiger charge is 2.19. The van der Waals surface area contributed by atoms with Crippen molar-refractivity contribution in [2.75, 3.05) is 13.2 Å². The lowest BCUT2D eigenvalue weighted by Gasteiger charge is -2.13. The quantitative estimate of drug-likeness (QED) is 0.578. The molecule has 0 aromatic carbocycles. The van der Waals surface area contributed by atoms with Crippen molar-refractivity contribution in [2.24, 2.45) is 5.92 Å². The number of ether oxygens (including phenoxy) is 1. The molecule has 1 N–H and O–H groups in total. The van der Waals surface area contributed by atoms with Crippen LogP contribution in [0.1, 0.15) is 59.3 Å². The van der Waals surface area contributed by atoms with Gasteiger partial charge >= 0.3 is 0 Å². The Morgan fingerprint density at radius 2 is 1.88 bits per heavy atom. The molecule has 0 bridgehead atoms. The fourth-order valence-electron chi connectivity index (χ4n) is 1.84. The summed E-state index contributed by atoms with van der Waals surface area (Å²) in [5.41, 5.74) is 0. The predicted molar refractivity (Wildman–Crippen MR) is 69.7 cm³/mol. The van der Waals surface area contributed by atoms with Crippen LogP contribution in [0.15, 0.2) is 0 Å². The monoisotopic (exact) mass is 227 g/mol. The lowest BCUT2D eigenvalue weighted by atomic mass is 10.1. The normalized spacial score (nSPS) is 18.0. The van der Waals surface area contributed by atoms with Crippen LogP contribution >= 0.6 is 0 Å². The predicted octanol–water partition coefficient (Wildman–Crippen LogP) is 3.36. The van der Waals surface area contributed by atoms with Crippen LogP contribution in [0, 0.1) is 5.92 Å². The minimum atomic E-state index is 0.438. The van der Waals surface area contributed by atoms with Gasteiger partial charge in [0.2, 0.25) is 0 Å². The van der Waals surface area contributed by atoms with Gasteiger partial charge in [0.05, 0.1) is 6.10 Å². The summed E-state index contributed by atoms with van der Waals surface area (Å²) in [4.78, 5) is 0. The van der Waals surface area contributed by atoms with Crippen LogP contribution in [-0.2, 0) is 4.74 Å². The van der Waals surface area contributed by atoms with Crippen molar-refractivity contribution in [1.29, 1.82) is 0 Å². The van der Waals surface area contributed by atoms with Gasteiger partial charge in [0, 0.05) is 12.6 Å². The molecule has 0 radical (unpaired) electrons. The fraction of sp³-hybridized carbons (Fsp3) is 1.00. The van der Waals surface area contributed by atoms with E-state index in [9.17, 15) is 0 Å². The molecule has 0 heterocycles. The van der Waals surface area contributed by atoms with E-state index in [0.717, 1.165) is 18.6 Å². The van der Waals surface area contributed by atoms with Gasteiger partial charge in [0.15, 0.2) is 0 Å². The van der Waals surface area contributed by atoms with Crippen molar-refractivity contribution >= 4 is 0 Å². The van der Waals surface area contributed by atoms with Gasteiger partial charge in [-0.15, -0.1) is 0 Å². The van der Waals surface area contributed by atoms with Crippen LogP contribution in [-0.4, -0.2) is 25.3 Å². The SMILES string of the molecule is CC(C)CCCOC(C)CCCNC1CC1. The third-order valence-corrected chi connectivity index (χ3v) is 3.13. The highest BCUT2D eigenvalue weighted by atomic mass is 16.5. The summed E-state index contributed by atoms with van der Waals surface area (Å²) in [6.45, 7) is 8.85. The van der Waals surface area contributed by atoms with Crippen molar-refractivity contribution in [2.45, 2.75) is 71.4 Å². The third-order valence-electron chi connectivity index (χ3n) is 3.13. The summed E-state index contributed by atoms with van der Waals surface area (Å²) in [5, 5.41) is 3.54. The highest BCUT2D eigenvalue weighted by Crippen LogP contribution is 2.18. The zero-order valence-corrected chi connectivity index (χ0v) is 11.3. The van der Waals surface area contributed by atoms with E-state index in [0.29, 0.717) is 6.10 Å². The number of hydrogen-bond acceptors (Lipinski definition) is 2. The zero-order valence-electron chi connectivity index (χ0n) is 11.3. The van der Waals surface area contributed by atoms with E-state index >= 15 is 0 Å². The first-order valence-electron chi connectivity index (χ1n) is 7.03. The molecule has 2 nitrogen and oxygen atoms in total. The largest absolute Gasteiger partial charge is 0.379 e. The van der Waals surface area contributed by atoms with Gasteiger partial charge in [-0.2, -0.15) is 0 Å². The standard InChI is InChI=1S/C14H29NO/c1-12(2)6-5-11-16-13(3)7-4-10-15-14-8-9-14/h12-15H,4-11H2,1-3H3. The lowest BCUT2D eigenvalue weighted by molar-refractivity contribution is 0.0550. The van der Waals surface area contributed by atoms with Gasteiger partial charge in [-0.1, -0.05) is 13.8 Å². The maximum absolute atomic E-state index is 5.79. The van der Waals surface area contributed by atoms with E-state index < -0.39 is 0 Å². The molecule has 0 aliphatic heterocycles. The van der Waals surface area contributed by atoms with E-state index in [1.54, 1.807) is 0 Å². The molecule has 1 aliphatic carbocycles. The topological polar surface area (TPSA) is 21.3 Å². The van der Waals surface area contributed by atoms with Gasteiger partial charge in [0.25, 0.3) is 0 Å². The average molecular weight is 227 g/mol. The summed E-state index contributed by atoms with van der Waals surface area (Å²) < 4.78 is 5.79. The molecule has 0 saturated heterocycles. The molecule has 0 aromatic heterocycles. The van der Waals surface area contributed by atoms with Crippen LogP contribution in [0.25, 0.3) is 0 Å². The molecule has 16 heavy (non-hydrogen) atoms. The van der Waals surface area contributed by atoms with Crippen molar-refractivity contribution in [1.82, 2.24) is 5.32 Å². The third kappa shape index (κ3) is 8.12.